The molecular formula is C18H26N2O3. The fourth-order valence-corrected chi connectivity index (χ4v) is 3.42. The van der Waals surface area contributed by atoms with E-state index in [4.69, 9.17) is 9.47 Å². The molecule has 1 aromatic carbocycles. The molecule has 1 aromatic rings. The van der Waals surface area contributed by atoms with Crippen LogP contribution < -0.4 is 10.1 Å². The van der Waals surface area contributed by atoms with Gasteiger partial charge >= 0.3 is 0 Å². The number of nitrogens with one attached hydrogen (secondary N) is 1. The molecule has 0 aromatic heterocycles. The number of amides is 1. The van der Waals surface area contributed by atoms with Gasteiger partial charge in [0.05, 0.1) is 26.4 Å². The summed E-state index contributed by atoms with van der Waals surface area (Å²) in [6.07, 6.45) is 3.74. The van der Waals surface area contributed by atoms with Crippen molar-refractivity contribution in [1.82, 2.24) is 10.2 Å². The number of carbonyl (C=O) groups excluding carboxylic acids is 1. The minimum Gasteiger partial charge on any atom is -0.497 e. The van der Waals surface area contributed by atoms with Gasteiger partial charge in [0, 0.05) is 26.1 Å². The van der Waals surface area contributed by atoms with Crippen molar-refractivity contribution in [2.24, 2.45) is 0 Å². The average Bonchev–Trinajstić information content (AvgIpc) is 2.60. The lowest BCUT2D eigenvalue weighted by Crippen LogP contribution is -2.39. The maximum Gasteiger partial charge on any atom is 0.221 e. The molecule has 1 fully saturated rings. The number of fused-ring (bicyclic) bond motifs is 1. The van der Waals surface area contributed by atoms with E-state index in [9.17, 15) is 4.79 Å². The molecule has 5 heteroatoms. The van der Waals surface area contributed by atoms with Crippen molar-refractivity contribution >= 4 is 5.91 Å². The molecule has 2 aliphatic rings. The molecule has 1 N–H and O–H groups in total. The molecule has 1 aliphatic heterocycles. The van der Waals surface area contributed by atoms with Gasteiger partial charge in [0.2, 0.25) is 5.91 Å². The topological polar surface area (TPSA) is 50.8 Å². The molecule has 1 aliphatic carbocycles. The zero-order chi connectivity index (χ0) is 16.1. The maximum atomic E-state index is 12.3. The Labute approximate surface area is 137 Å². The third-order valence-corrected chi connectivity index (χ3v) is 4.76. The van der Waals surface area contributed by atoms with E-state index in [1.54, 1.807) is 7.11 Å². The van der Waals surface area contributed by atoms with E-state index in [0.717, 1.165) is 57.9 Å². The highest BCUT2D eigenvalue weighted by Gasteiger charge is 2.22. The number of ether oxygens (including phenoxy) is 2. The van der Waals surface area contributed by atoms with Crippen molar-refractivity contribution in [2.45, 2.75) is 31.7 Å². The first-order valence-corrected chi connectivity index (χ1v) is 8.52. The molecule has 0 saturated carbocycles. The summed E-state index contributed by atoms with van der Waals surface area (Å²) in [6.45, 7) is 4.23. The van der Waals surface area contributed by atoms with E-state index in [0.29, 0.717) is 6.42 Å². The van der Waals surface area contributed by atoms with Gasteiger partial charge in [-0.25, -0.2) is 0 Å². The normalized spacial score (nSPS) is 21.5. The molecule has 1 atom stereocenters. The van der Waals surface area contributed by atoms with Crippen LogP contribution in [0.3, 0.4) is 0 Å². The summed E-state index contributed by atoms with van der Waals surface area (Å²) in [5.74, 6) is 1.04. The quantitative estimate of drug-likeness (QED) is 0.901. The lowest BCUT2D eigenvalue weighted by atomic mass is 9.87. The lowest BCUT2D eigenvalue weighted by Gasteiger charge is -2.28. The molecule has 0 radical (unpaired) electrons. The van der Waals surface area contributed by atoms with Gasteiger partial charge in [0.1, 0.15) is 5.75 Å². The summed E-state index contributed by atoms with van der Waals surface area (Å²) >= 11 is 0. The number of rotatable bonds is 5. The van der Waals surface area contributed by atoms with Gasteiger partial charge < -0.3 is 14.8 Å². The minimum absolute atomic E-state index is 0.141. The van der Waals surface area contributed by atoms with Crippen LogP contribution in [0.2, 0.25) is 0 Å². The molecule has 126 valence electrons. The summed E-state index contributed by atoms with van der Waals surface area (Å²) in [7, 11) is 1.69. The number of hydrogen-bond donors (Lipinski definition) is 1. The number of methoxy groups -OCH3 is 1. The summed E-state index contributed by atoms with van der Waals surface area (Å²) < 4.78 is 10.6. The Morgan fingerprint density at radius 3 is 3.00 bits per heavy atom. The van der Waals surface area contributed by atoms with Crippen LogP contribution in [0.15, 0.2) is 18.2 Å². The maximum absolute atomic E-state index is 12.3. The fourth-order valence-electron chi connectivity index (χ4n) is 3.42. The SMILES string of the molecule is COc1ccc2c(c1)CCC[C@@H]2NC(=O)CCN1CCOCC1. The van der Waals surface area contributed by atoms with Gasteiger partial charge in [0.15, 0.2) is 0 Å². The zero-order valence-corrected chi connectivity index (χ0v) is 13.8. The number of hydrogen-bond acceptors (Lipinski definition) is 4. The lowest BCUT2D eigenvalue weighted by molar-refractivity contribution is -0.122. The monoisotopic (exact) mass is 318 g/mol. The first-order valence-electron chi connectivity index (χ1n) is 8.52. The Hall–Kier alpha value is -1.59. The highest BCUT2D eigenvalue weighted by Crippen LogP contribution is 2.32. The second-order valence-corrected chi connectivity index (χ2v) is 6.28. The molecule has 1 saturated heterocycles. The molecule has 0 spiro atoms. The van der Waals surface area contributed by atoms with Gasteiger partial charge in [-0.2, -0.15) is 0 Å². The standard InChI is InChI=1S/C18H26N2O3/c1-22-15-5-6-16-14(13-15)3-2-4-17(16)19-18(21)7-8-20-9-11-23-12-10-20/h5-6,13,17H,2-4,7-12H2,1H3,(H,19,21)/t17-/m0/s1. The molecule has 3 rings (SSSR count). The van der Waals surface area contributed by atoms with Crippen LogP contribution >= 0.6 is 0 Å². The molecule has 5 nitrogen and oxygen atoms in total. The van der Waals surface area contributed by atoms with Gasteiger partial charge in [-0.3, -0.25) is 9.69 Å². The van der Waals surface area contributed by atoms with E-state index in [1.807, 2.05) is 6.07 Å². The van der Waals surface area contributed by atoms with Crippen LogP contribution in [0.5, 0.6) is 5.75 Å². The molecule has 0 bridgehead atoms. The zero-order valence-electron chi connectivity index (χ0n) is 13.8. The number of carbonyl (C=O) groups is 1. The van der Waals surface area contributed by atoms with Crippen molar-refractivity contribution in [2.75, 3.05) is 40.0 Å². The number of aryl methyl sites for hydroxylation is 1. The van der Waals surface area contributed by atoms with Gasteiger partial charge in [0.25, 0.3) is 0 Å². The molecule has 1 amide bonds. The Kier molecular flexibility index (Phi) is 5.51. The van der Waals surface area contributed by atoms with Crippen LogP contribution in [0.25, 0.3) is 0 Å². The Bertz CT molecular complexity index is 541. The van der Waals surface area contributed by atoms with Crippen molar-refractivity contribution in [3.63, 3.8) is 0 Å². The first kappa shape index (κ1) is 16.3. The van der Waals surface area contributed by atoms with E-state index in [-0.39, 0.29) is 11.9 Å². The van der Waals surface area contributed by atoms with Crippen molar-refractivity contribution in [3.8, 4) is 5.75 Å². The highest BCUT2D eigenvalue weighted by molar-refractivity contribution is 5.76. The van der Waals surface area contributed by atoms with Crippen LogP contribution in [0.4, 0.5) is 0 Å². The molecule has 23 heavy (non-hydrogen) atoms. The Morgan fingerprint density at radius 2 is 2.22 bits per heavy atom. The minimum atomic E-state index is 0.141. The van der Waals surface area contributed by atoms with Gasteiger partial charge in [-0.05, 0) is 42.5 Å². The summed E-state index contributed by atoms with van der Waals surface area (Å²) in [6, 6.07) is 6.32. The van der Waals surface area contributed by atoms with E-state index >= 15 is 0 Å². The largest absolute Gasteiger partial charge is 0.497 e. The van der Waals surface area contributed by atoms with Crippen LogP contribution in [-0.2, 0) is 16.0 Å². The molecule has 1 heterocycles. The summed E-state index contributed by atoms with van der Waals surface area (Å²) in [5.41, 5.74) is 2.55. The van der Waals surface area contributed by atoms with Crippen LogP contribution in [-0.4, -0.2) is 50.8 Å². The van der Waals surface area contributed by atoms with Gasteiger partial charge in [-0.15, -0.1) is 0 Å². The van der Waals surface area contributed by atoms with Gasteiger partial charge in [-0.1, -0.05) is 6.07 Å². The van der Waals surface area contributed by atoms with Crippen molar-refractivity contribution in [3.05, 3.63) is 29.3 Å². The number of benzene rings is 1. The third-order valence-electron chi connectivity index (χ3n) is 4.76. The molecular weight excluding hydrogens is 292 g/mol. The third kappa shape index (κ3) is 4.24. The second-order valence-electron chi connectivity index (χ2n) is 6.28. The number of nitrogens with zero attached hydrogens (tertiary/aromatic N) is 1. The first-order chi connectivity index (χ1) is 11.3. The Balaban J connectivity index is 1.55. The predicted octanol–water partition coefficient (Wildman–Crippen LogP) is 1.91. The second kappa shape index (κ2) is 7.79. The molecule has 0 unspecified atom stereocenters. The van der Waals surface area contributed by atoms with E-state index < -0.39 is 0 Å². The van der Waals surface area contributed by atoms with Crippen LogP contribution in [0, 0.1) is 0 Å². The van der Waals surface area contributed by atoms with Crippen molar-refractivity contribution < 1.29 is 14.3 Å². The highest BCUT2D eigenvalue weighted by atomic mass is 16.5. The Morgan fingerprint density at radius 1 is 1.39 bits per heavy atom. The average molecular weight is 318 g/mol. The smallest absolute Gasteiger partial charge is 0.221 e. The summed E-state index contributed by atoms with van der Waals surface area (Å²) in [4.78, 5) is 14.6. The van der Waals surface area contributed by atoms with Crippen LogP contribution in [0.1, 0.15) is 36.4 Å². The summed E-state index contributed by atoms with van der Waals surface area (Å²) in [5, 5.41) is 3.21. The van der Waals surface area contributed by atoms with Crippen molar-refractivity contribution in [1.29, 1.82) is 0 Å². The van der Waals surface area contributed by atoms with E-state index in [2.05, 4.69) is 22.3 Å². The van der Waals surface area contributed by atoms with E-state index in [1.165, 1.54) is 11.1 Å². The predicted molar refractivity (Wildman–Crippen MR) is 88.7 cm³/mol. The fraction of sp³-hybridized carbons (Fsp3) is 0.611. The number of morpholine rings is 1.